The number of carbonyl (C=O) groups is 2. The first-order valence-electron chi connectivity index (χ1n) is 13.1. The summed E-state index contributed by atoms with van der Waals surface area (Å²) < 4.78 is 0. The van der Waals surface area contributed by atoms with Crippen LogP contribution in [0.25, 0.3) is 5.57 Å². The Labute approximate surface area is 245 Å². The summed E-state index contributed by atoms with van der Waals surface area (Å²) in [5.41, 5.74) is 10.3. The number of nitrogens with two attached hydrogens (primary N) is 1. The summed E-state index contributed by atoms with van der Waals surface area (Å²) in [6, 6.07) is 15.1. The summed E-state index contributed by atoms with van der Waals surface area (Å²) in [6.45, 7) is 2.14. The van der Waals surface area contributed by atoms with Crippen LogP contribution >= 0.6 is 0 Å². The standard InChI is InChI=1S/C28H31N2O3.C5H5.Fe/c1-2-25(20-8-6-7-9-20)28(22-14-18-24(31)19-15-22)21-12-16-23(17-13-21)30-27(33)11-5-3-4-10-26(29)32;1-2-4-5-3-1;/h6-9,12-19,31H,2-5,10-11H2,1H3,(H2,29,32)(H,30,33);1-5H;/q;;+2/b28-25+;;. The van der Waals surface area contributed by atoms with E-state index in [9.17, 15) is 14.7 Å². The van der Waals surface area contributed by atoms with E-state index >= 15 is 0 Å². The van der Waals surface area contributed by atoms with Crippen LogP contribution in [0, 0.1) is 63.7 Å². The van der Waals surface area contributed by atoms with Gasteiger partial charge in [0.05, 0.1) is 0 Å². The maximum atomic E-state index is 12.3. The van der Waals surface area contributed by atoms with Crippen molar-refractivity contribution in [2.75, 3.05) is 5.32 Å². The molecule has 202 valence electrons. The third kappa shape index (κ3) is 11.2. The zero-order valence-corrected chi connectivity index (χ0v) is 23.4. The van der Waals surface area contributed by atoms with Crippen LogP contribution in [-0.4, -0.2) is 16.9 Å². The number of hydrogen-bond acceptors (Lipinski definition) is 3. The largest absolute Gasteiger partial charge is 2.00 e. The Hall–Kier alpha value is -2.56. The average molecular weight is 565 g/mol. The molecule has 0 heterocycles. The molecular formula is C33H36FeN2O3+2. The van der Waals surface area contributed by atoms with Gasteiger partial charge in [-0.25, -0.2) is 0 Å². The summed E-state index contributed by atoms with van der Waals surface area (Å²) in [6.07, 6.45) is 22.2. The number of carbonyl (C=O) groups excluding carboxylic acids is 2. The van der Waals surface area contributed by atoms with E-state index in [0.717, 1.165) is 41.6 Å². The number of phenols is 1. The number of allylic oxidation sites excluding steroid dienone is 1. The number of rotatable bonds is 11. The molecule has 2 aliphatic carbocycles. The van der Waals surface area contributed by atoms with Crippen LogP contribution in [0.2, 0.25) is 0 Å². The van der Waals surface area contributed by atoms with Crippen LogP contribution in [0.3, 0.4) is 0 Å². The molecule has 0 aromatic heterocycles. The number of anilines is 1. The Morgan fingerprint density at radius 2 is 1.26 bits per heavy atom. The van der Waals surface area contributed by atoms with Gasteiger partial charge in [0, 0.05) is 24.4 Å². The Kier molecular flexibility index (Phi) is 15.0. The second-order valence-corrected chi connectivity index (χ2v) is 9.04. The molecular weight excluding hydrogens is 528 g/mol. The maximum Gasteiger partial charge on any atom is 2.00 e. The van der Waals surface area contributed by atoms with Gasteiger partial charge in [-0.15, -0.1) is 0 Å². The van der Waals surface area contributed by atoms with Crippen molar-refractivity contribution in [2.24, 2.45) is 5.73 Å². The van der Waals surface area contributed by atoms with Gasteiger partial charge < -0.3 is 16.2 Å². The maximum absolute atomic E-state index is 12.3. The van der Waals surface area contributed by atoms with Gasteiger partial charge in [0.15, 0.2) is 0 Å². The third-order valence-electron chi connectivity index (χ3n) is 6.16. The molecule has 0 saturated heterocycles. The van der Waals surface area contributed by atoms with Crippen molar-refractivity contribution in [2.45, 2.75) is 45.4 Å². The molecule has 10 radical (unpaired) electrons. The predicted molar refractivity (Wildman–Crippen MR) is 154 cm³/mol. The first kappa shape index (κ1) is 32.7. The van der Waals surface area contributed by atoms with E-state index < -0.39 is 0 Å². The molecule has 0 spiro atoms. The number of aromatic hydroxyl groups is 1. The molecule has 2 amide bonds. The number of nitrogens with one attached hydrogen (secondary N) is 1. The van der Waals surface area contributed by atoms with E-state index in [0.29, 0.717) is 19.3 Å². The number of unbranched alkanes of at least 4 members (excludes halogenated alkanes) is 2. The molecule has 39 heavy (non-hydrogen) atoms. The fourth-order valence-corrected chi connectivity index (χ4v) is 4.27. The molecule has 2 aromatic rings. The van der Waals surface area contributed by atoms with Crippen LogP contribution in [0.1, 0.15) is 56.6 Å². The molecule has 4 N–H and O–H groups in total. The number of amides is 2. The first-order chi connectivity index (χ1) is 18.5. The predicted octanol–water partition coefficient (Wildman–Crippen LogP) is 6.40. The van der Waals surface area contributed by atoms with Crippen molar-refractivity contribution >= 4 is 23.1 Å². The molecule has 2 saturated carbocycles. The zero-order chi connectivity index (χ0) is 27.2. The normalized spacial score (nSPS) is 15.5. The average Bonchev–Trinajstić information content (AvgIpc) is 3.66. The van der Waals surface area contributed by atoms with E-state index in [1.807, 2.05) is 81.3 Å². The quantitative estimate of drug-likeness (QED) is 0.218. The molecule has 4 rings (SSSR count). The SMILES string of the molecule is CC/C([C]1[CH][CH][CH][CH]1)=C(\c1ccc(O)cc1)c1ccc(NC(=O)CCCCCC(N)=O)cc1.[CH]1[CH][CH][CH][CH]1.[Fe+2]. The van der Waals surface area contributed by atoms with E-state index in [1.54, 1.807) is 12.1 Å². The van der Waals surface area contributed by atoms with Crippen molar-refractivity contribution in [1.82, 2.24) is 0 Å². The third-order valence-corrected chi connectivity index (χ3v) is 6.16. The topological polar surface area (TPSA) is 92.4 Å². The van der Waals surface area contributed by atoms with Crippen LogP contribution in [0.5, 0.6) is 5.75 Å². The minimum atomic E-state index is -0.301. The van der Waals surface area contributed by atoms with E-state index in [1.165, 1.54) is 11.5 Å². The minimum absolute atomic E-state index is 0. The first-order valence-corrected chi connectivity index (χ1v) is 13.1. The van der Waals surface area contributed by atoms with Gasteiger partial charge in [-0.3, -0.25) is 9.59 Å². The van der Waals surface area contributed by atoms with E-state index in [-0.39, 0.29) is 34.6 Å². The van der Waals surface area contributed by atoms with E-state index in [4.69, 9.17) is 5.73 Å². The molecule has 2 fully saturated rings. The summed E-state index contributed by atoms with van der Waals surface area (Å²) in [5, 5.41) is 12.7. The molecule has 0 atom stereocenters. The molecule has 5 nitrogen and oxygen atoms in total. The van der Waals surface area contributed by atoms with Crippen molar-refractivity contribution in [3.8, 4) is 5.75 Å². The summed E-state index contributed by atoms with van der Waals surface area (Å²) in [5.74, 6) is 1.07. The van der Waals surface area contributed by atoms with Crippen molar-refractivity contribution in [1.29, 1.82) is 0 Å². The molecule has 2 aliphatic rings. The Bertz CT molecular complexity index is 1030. The fraction of sp³-hybridized carbons (Fsp3) is 0.212. The second kappa shape index (κ2) is 17.9. The molecule has 2 aromatic carbocycles. The van der Waals surface area contributed by atoms with Crippen molar-refractivity contribution < 1.29 is 31.8 Å². The Morgan fingerprint density at radius 3 is 1.77 bits per heavy atom. The monoisotopic (exact) mass is 564 g/mol. The van der Waals surface area contributed by atoms with Gasteiger partial charge in [-0.2, -0.15) is 0 Å². The van der Waals surface area contributed by atoms with Gasteiger partial charge in [-0.05, 0) is 118 Å². The Morgan fingerprint density at radius 1 is 0.744 bits per heavy atom. The second-order valence-electron chi connectivity index (χ2n) is 9.04. The zero-order valence-electron chi connectivity index (χ0n) is 22.3. The van der Waals surface area contributed by atoms with Gasteiger partial charge in [-0.1, -0.05) is 43.2 Å². The molecule has 0 bridgehead atoms. The Balaban J connectivity index is 0.000000797. The smallest absolute Gasteiger partial charge is 0.508 e. The summed E-state index contributed by atoms with van der Waals surface area (Å²) in [7, 11) is 0. The molecule has 0 aliphatic heterocycles. The fourth-order valence-electron chi connectivity index (χ4n) is 4.27. The van der Waals surface area contributed by atoms with Gasteiger partial charge in [0.25, 0.3) is 0 Å². The molecule has 0 unspecified atom stereocenters. The van der Waals surface area contributed by atoms with Gasteiger partial charge >= 0.3 is 17.1 Å². The van der Waals surface area contributed by atoms with Crippen LogP contribution in [0.15, 0.2) is 54.1 Å². The summed E-state index contributed by atoms with van der Waals surface area (Å²) >= 11 is 0. The van der Waals surface area contributed by atoms with Crippen LogP contribution < -0.4 is 11.1 Å². The van der Waals surface area contributed by atoms with Gasteiger partial charge in [0.1, 0.15) is 5.75 Å². The minimum Gasteiger partial charge on any atom is -0.508 e. The number of phenolic OH excluding ortho intramolecular Hbond substituents is 1. The van der Waals surface area contributed by atoms with Crippen LogP contribution in [0.4, 0.5) is 5.69 Å². The number of benzene rings is 2. The number of hydrogen-bond donors (Lipinski definition) is 3. The van der Waals surface area contributed by atoms with E-state index in [2.05, 4.69) is 25.1 Å². The summed E-state index contributed by atoms with van der Waals surface area (Å²) in [4.78, 5) is 23.0. The van der Waals surface area contributed by atoms with Crippen molar-refractivity contribution in [3.05, 3.63) is 129 Å². The number of primary amides is 1. The van der Waals surface area contributed by atoms with Crippen molar-refractivity contribution in [3.63, 3.8) is 0 Å². The van der Waals surface area contributed by atoms with Crippen LogP contribution in [-0.2, 0) is 26.7 Å². The van der Waals surface area contributed by atoms with Gasteiger partial charge in [0.2, 0.25) is 11.8 Å². The molecule has 6 heteroatoms.